The minimum Gasteiger partial charge on any atom is -0.431 e. The first-order valence-electron chi connectivity index (χ1n) is 8.92. The average molecular weight is 525 g/mol. The summed E-state index contributed by atoms with van der Waals surface area (Å²) in [6.07, 6.45) is 0. The van der Waals surface area contributed by atoms with E-state index in [1.54, 1.807) is 25.1 Å². The summed E-state index contributed by atoms with van der Waals surface area (Å²) in [5.74, 6) is 0.285. The number of sulfonamides is 1. The monoisotopic (exact) mass is 523 g/mol. The Morgan fingerprint density at radius 3 is 2.59 bits per heavy atom. The molecule has 11 heteroatoms. The van der Waals surface area contributed by atoms with Gasteiger partial charge >= 0.3 is 0 Å². The molecule has 0 saturated heterocycles. The number of hydrogen-bond donors (Lipinski definition) is 1. The van der Waals surface area contributed by atoms with Crippen LogP contribution in [-0.4, -0.2) is 13.4 Å². The summed E-state index contributed by atoms with van der Waals surface area (Å²) in [5.41, 5.74) is 1.87. The van der Waals surface area contributed by atoms with Crippen LogP contribution in [0.25, 0.3) is 10.2 Å². The van der Waals surface area contributed by atoms with Gasteiger partial charge in [0.2, 0.25) is 0 Å². The molecule has 0 amide bonds. The Hall–Kier alpha value is -2.54. The molecule has 0 aliphatic rings. The third-order valence-corrected chi connectivity index (χ3v) is 7.71. The number of halogens is 3. The largest absolute Gasteiger partial charge is 0.431 e. The maximum atomic E-state index is 12.9. The topological polar surface area (TPSA) is 92.1 Å². The molecular formula is C21H12Cl3N3O3S2. The Kier molecular flexibility index (Phi) is 6.21. The zero-order chi connectivity index (χ0) is 23.0. The first-order valence-corrected chi connectivity index (χ1v) is 12.4. The molecule has 0 atom stereocenters. The normalized spacial score (nSPS) is 11.3. The van der Waals surface area contributed by atoms with Crippen LogP contribution in [0.3, 0.4) is 0 Å². The van der Waals surface area contributed by atoms with E-state index in [1.807, 2.05) is 0 Å². The highest BCUT2D eigenvalue weighted by Gasteiger charge is 2.20. The van der Waals surface area contributed by atoms with Gasteiger partial charge in [-0.1, -0.05) is 46.1 Å². The third-order valence-electron chi connectivity index (χ3n) is 4.33. The molecule has 6 nitrogen and oxygen atoms in total. The van der Waals surface area contributed by atoms with Gasteiger partial charge in [-0.2, -0.15) is 5.26 Å². The number of rotatable bonds is 5. The number of benzene rings is 3. The van der Waals surface area contributed by atoms with Gasteiger partial charge in [0.1, 0.15) is 10.6 Å². The molecule has 0 bridgehead atoms. The predicted molar refractivity (Wildman–Crippen MR) is 128 cm³/mol. The molecule has 0 aliphatic heterocycles. The molecule has 0 spiro atoms. The van der Waals surface area contributed by atoms with Crippen LogP contribution >= 0.6 is 46.1 Å². The molecule has 4 aromatic rings. The second kappa shape index (κ2) is 8.77. The first kappa shape index (κ1) is 22.6. The van der Waals surface area contributed by atoms with E-state index < -0.39 is 10.0 Å². The number of fused-ring (bicyclic) bond motifs is 1. The molecule has 32 heavy (non-hydrogen) atoms. The zero-order valence-electron chi connectivity index (χ0n) is 16.2. The van der Waals surface area contributed by atoms with Crippen molar-refractivity contribution >= 4 is 72.1 Å². The molecular weight excluding hydrogens is 513 g/mol. The van der Waals surface area contributed by atoms with E-state index in [2.05, 4.69) is 15.8 Å². The van der Waals surface area contributed by atoms with Gasteiger partial charge in [0, 0.05) is 16.1 Å². The van der Waals surface area contributed by atoms with Crippen molar-refractivity contribution < 1.29 is 13.2 Å². The number of nitrogens with one attached hydrogen (secondary N) is 1. The highest BCUT2D eigenvalue weighted by Crippen LogP contribution is 2.35. The van der Waals surface area contributed by atoms with Crippen LogP contribution < -0.4 is 9.46 Å². The fraction of sp³-hybridized carbons (Fsp3) is 0.0476. The zero-order valence-corrected chi connectivity index (χ0v) is 20.1. The molecule has 0 unspecified atom stereocenters. The summed E-state index contributed by atoms with van der Waals surface area (Å²) >= 11 is 19.6. The number of thiazole rings is 1. The second-order valence-electron chi connectivity index (χ2n) is 6.69. The van der Waals surface area contributed by atoms with Crippen LogP contribution in [0.1, 0.15) is 11.1 Å². The summed E-state index contributed by atoms with van der Waals surface area (Å²) in [6, 6.07) is 14.4. The van der Waals surface area contributed by atoms with Crippen molar-refractivity contribution in [3.8, 4) is 17.0 Å². The molecule has 4 rings (SSSR count). The van der Waals surface area contributed by atoms with Crippen LogP contribution in [0, 0.1) is 18.3 Å². The number of ether oxygens (including phenoxy) is 1. The Morgan fingerprint density at radius 2 is 1.84 bits per heavy atom. The van der Waals surface area contributed by atoms with Gasteiger partial charge in [-0.25, -0.2) is 13.4 Å². The average Bonchev–Trinajstić information content (AvgIpc) is 3.10. The molecule has 1 aromatic heterocycles. The van der Waals surface area contributed by atoms with Crippen LogP contribution in [0.15, 0.2) is 53.4 Å². The van der Waals surface area contributed by atoms with E-state index in [9.17, 15) is 8.42 Å². The van der Waals surface area contributed by atoms with Gasteiger partial charge in [-0.05, 0) is 55.0 Å². The molecule has 162 valence electrons. The molecule has 0 aliphatic carbocycles. The number of nitrogens with zero attached hydrogens (tertiary/aromatic N) is 2. The van der Waals surface area contributed by atoms with E-state index in [0.29, 0.717) is 26.9 Å². The van der Waals surface area contributed by atoms with Crippen molar-refractivity contribution in [2.24, 2.45) is 0 Å². The quantitative estimate of drug-likeness (QED) is 0.302. The first-order chi connectivity index (χ1) is 15.1. The van der Waals surface area contributed by atoms with Gasteiger partial charge in [-0.3, -0.25) is 4.72 Å². The summed E-state index contributed by atoms with van der Waals surface area (Å²) < 4.78 is 34.9. The van der Waals surface area contributed by atoms with Crippen LogP contribution in [0.4, 0.5) is 5.69 Å². The van der Waals surface area contributed by atoms with Crippen molar-refractivity contribution in [1.82, 2.24) is 4.98 Å². The fourth-order valence-corrected chi connectivity index (χ4v) is 5.76. The molecule has 0 fully saturated rings. The number of aromatic nitrogens is 1. The Labute approximate surface area is 203 Å². The summed E-state index contributed by atoms with van der Waals surface area (Å²) in [6.45, 7) is 1.68. The predicted octanol–water partition coefficient (Wildman–Crippen LogP) is 7.03. The SMILES string of the molecule is Cc1cc(S(=O)(=O)Nc2cc(Cl)cc(Oc3nc4cc(C#N)ccc4s3)c2)c(Cl)cc1Cl. The van der Waals surface area contributed by atoms with Gasteiger partial charge in [0.25, 0.3) is 15.2 Å². The number of nitriles is 1. The van der Waals surface area contributed by atoms with Gasteiger partial charge in [-0.15, -0.1) is 0 Å². The maximum Gasteiger partial charge on any atom is 0.279 e. The summed E-state index contributed by atoms with van der Waals surface area (Å²) in [7, 11) is -4.02. The van der Waals surface area contributed by atoms with Crippen LogP contribution in [0.2, 0.25) is 15.1 Å². The molecule has 3 aromatic carbocycles. The van der Waals surface area contributed by atoms with Gasteiger partial charge < -0.3 is 4.74 Å². The van der Waals surface area contributed by atoms with Gasteiger partial charge in [0.05, 0.1) is 32.6 Å². The van der Waals surface area contributed by atoms with E-state index in [1.165, 1.54) is 41.7 Å². The Bertz CT molecular complexity index is 1510. The van der Waals surface area contributed by atoms with Crippen molar-refractivity contribution in [3.05, 3.63) is 74.7 Å². The lowest BCUT2D eigenvalue weighted by Gasteiger charge is -2.12. The van der Waals surface area contributed by atoms with E-state index >= 15 is 0 Å². The molecule has 0 radical (unpaired) electrons. The van der Waals surface area contributed by atoms with E-state index in [0.717, 1.165) is 4.70 Å². The number of hydrogen-bond acceptors (Lipinski definition) is 6. The molecule has 1 heterocycles. The minimum absolute atomic E-state index is 0.00202. The van der Waals surface area contributed by atoms with E-state index in [-0.39, 0.29) is 26.4 Å². The number of anilines is 1. The van der Waals surface area contributed by atoms with Gasteiger partial charge in [0.15, 0.2) is 0 Å². The highest BCUT2D eigenvalue weighted by molar-refractivity contribution is 7.92. The Morgan fingerprint density at radius 1 is 1.06 bits per heavy atom. The van der Waals surface area contributed by atoms with Crippen molar-refractivity contribution in [3.63, 3.8) is 0 Å². The maximum absolute atomic E-state index is 12.9. The summed E-state index contributed by atoms with van der Waals surface area (Å²) in [4.78, 5) is 4.25. The van der Waals surface area contributed by atoms with Crippen LogP contribution in [-0.2, 0) is 10.0 Å². The Balaban J connectivity index is 1.63. The highest BCUT2D eigenvalue weighted by atomic mass is 35.5. The smallest absolute Gasteiger partial charge is 0.279 e. The molecule has 0 saturated carbocycles. The molecule has 1 N–H and O–H groups in total. The lowest BCUT2D eigenvalue weighted by Crippen LogP contribution is -2.14. The fourth-order valence-electron chi connectivity index (χ4n) is 2.85. The second-order valence-corrected chi connectivity index (χ2v) is 10.6. The van der Waals surface area contributed by atoms with Crippen molar-refractivity contribution in [1.29, 1.82) is 5.26 Å². The minimum atomic E-state index is -4.02. The van der Waals surface area contributed by atoms with E-state index in [4.69, 9.17) is 44.8 Å². The lowest BCUT2D eigenvalue weighted by atomic mass is 10.2. The standard InChI is InChI=1S/C21H12Cl3N3O3S2/c1-11-4-20(17(24)9-16(11)23)32(28,29)27-14-6-13(22)7-15(8-14)30-21-26-18-5-12(10-25)2-3-19(18)31-21/h2-9,27H,1H3. The van der Waals surface area contributed by atoms with Crippen LogP contribution in [0.5, 0.6) is 10.9 Å². The number of aryl methyl sites for hydroxylation is 1. The van der Waals surface area contributed by atoms with Crippen molar-refractivity contribution in [2.45, 2.75) is 11.8 Å². The lowest BCUT2D eigenvalue weighted by molar-refractivity contribution is 0.480. The van der Waals surface area contributed by atoms with Crippen molar-refractivity contribution in [2.75, 3.05) is 4.72 Å². The summed E-state index contributed by atoms with van der Waals surface area (Å²) in [5, 5.41) is 9.97. The third kappa shape index (κ3) is 4.77.